The lowest BCUT2D eigenvalue weighted by molar-refractivity contribution is -0.131. The second-order valence-electron chi connectivity index (χ2n) is 10.1. The van der Waals surface area contributed by atoms with Gasteiger partial charge in [-0.2, -0.15) is 5.10 Å². The Balaban J connectivity index is 1.57. The minimum Gasteiger partial charge on any atom is -0.379 e. The molecule has 2 aliphatic rings. The van der Waals surface area contributed by atoms with Crippen LogP contribution in [0.15, 0.2) is 30.5 Å². The Kier molecular flexibility index (Phi) is 9.53. The van der Waals surface area contributed by atoms with Gasteiger partial charge in [-0.3, -0.25) is 19.2 Å². The van der Waals surface area contributed by atoms with Crippen LogP contribution in [0, 0.1) is 0 Å². The molecule has 0 N–H and O–H groups in total. The molecule has 3 heterocycles. The molecule has 1 saturated heterocycles. The van der Waals surface area contributed by atoms with Crippen LogP contribution in [0.3, 0.4) is 0 Å². The summed E-state index contributed by atoms with van der Waals surface area (Å²) in [4.78, 5) is 32.5. The van der Waals surface area contributed by atoms with Gasteiger partial charge in [0, 0.05) is 77.2 Å². The van der Waals surface area contributed by atoms with Crippen molar-refractivity contribution in [3.63, 3.8) is 0 Å². The second kappa shape index (κ2) is 13.0. The van der Waals surface area contributed by atoms with Crippen molar-refractivity contribution in [1.29, 1.82) is 0 Å². The molecule has 0 atom stereocenters. The van der Waals surface area contributed by atoms with Gasteiger partial charge in [0.2, 0.25) is 11.8 Å². The van der Waals surface area contributed by atoms with E-state index < -0.39 is 0 Å². The van der Waals surface area contributed by atoms with Gasteiger partial charge < -0.3 is 14.5 Å². The molecule has 4 rings (SSSR count). The number of rotatable bonds is 5. The largest absolute Gasteiger partial charge is 0.379 e. The summed E-state index contributed by atoms with van der Waals surface area (Å²) in [7, 11) is 1.91. The minimum absolute atomic E-state index is 0.0610. The Morgan fingerprint density at radius 2 is 1.72 bits per heavy atom. The normalized spacial score (nSPS) is 18.3. The Morgan fingerprint density at radius 1 is 0.972 bits per heavy atom. The summed E-state index contributed by atoms with van der Waals surface area (Å²) in [5, 5.41) is 4.23. The molecule has 2 aliphatic heterocycles. The molecule has 0 unspecified atom stereocenters. The van der Waals surface area contributed by atoms with E-state index in [0.717, 1.165) is 95.0 Å². The van der Waals surface area contributed by atoms with E-state index in [-0.39, 0.29) is 11.8 Å². The van der Waals surface area contributed by atoms with Gasteiger partial charge in [0.25, 0.3) is 0 Å². The molecule has 1 fully saturated rings. The number of ether oxygens (including phenoxy) is 1. The number of nitrogens with zero attached hydrogens (tertiary/aromatic N) is 5. The molecule has 0 saturated carbocycles. The molecule has 1 aromatic carbocycles. The molecule has 0 spiro atoms. The predicted molar refractivity (Wildman–Crippen MR) is 141 cm³/mol. The van der Waals surface area contributed by atoms with Crippen molar-refractivity contribution in [2.24, 2.45) is 7.05 Å². The van der Waals surface area contributed by atoms with E-state index in [0.29, 0.717) is 19.4 Å². The van der Waals surface area contributed by atoms with Gasteiger partial charge in [-0.05, 0) is 42.5 Å². The van der Waals surface area contributed by atoms with Crippen LogP contribution in [-0.4, -0.2) is 70.8 Å². The number of fused-ring (bicyclic) bond motifs is 1. The number of hydrogen-bond donors (Lipinski definition) is 0. The third-order valence-corrected chi connectivity index (χ3v) is 7.37. The first-order valence-electron chi connectivity index (χ1n) is 13.5. The molecule has 8 heteroatoms. The average Bonchev–Trinajstić information content (AvgIpc) is 3.28. The summed E-state index contributed by atoms with van der Waals surface area (Å²) in [6, 6.07) is 8.45. The predicted octanol–water partition coefficient (Wildman–Crippen LogP) is 3.53. The van der Waals surface area contributed by atoms with E-state index in [9.17, 15) is 9.59 Å². The fraction of sp³-hybridized carbons (Fsp3) is 0.607. The molecule has 0 bridgehead atoms. The molecule has 8 nitrogen and oxygen atoms in total. The highest BCUT2D eigenvalue weighted by Crippen LogP contribution is 2.27. The van der Waals surface area contributed by atoms with E-state index in [2.05, 4.69) is 28.2 Å². The smallest absolute Gasteiger partial charge is 0.223 e. The van der Waals surface area contributed by atoms with E-state index in [4.69, 9.17) is 4.74 Å². The summed E-state index contributed by atoms with van der Waals surface area (Å²) in [6.07, 6.45) is 8.26. The summed E-state index contributed by atoms with van der Waals surface area (Å²) in [6.45, 7) is 7.87. The second-order valence-corrected chi connectivity index (χ2v) is 10.1. The van der Waals surface area contributed by atoms with Gasteiger partial charge in [0.05, 0.1) is 13.2 Å². The molecular weight excluding hydrogens is 454 g/mol. The lowest BCUT2D eigenvalue weighted by Crippen LogP contribution is -2.36. The van der Waals surface area contributed by atoms with Gasteiger partial charge in [-0.25, -0.2) is 0 Å². The maximum absolute atomic E-state index is 13.4. The highest BCUT2D eigenvalue weighted by Gasteiger charge is 2.22. The maximum atomic E-state index is 13.4. The quantitative estimate of drug-likeness (QED) is 0.635. The first-order valence-corrected chi connectivity index (χ1v) is 13.5. The van der Waals surface area contributed by atoms with E-state index in [1.54, 1.807) is 13.1 Å². The third kappa shape index (κ3) is 7.17. The molecule has 196 valence electrons. The lowest BCUT2D eigenvalue weighted by Gasteiger charge is -2.30. The first kappa shape index (κ1) is 26.4. The van der Waals surface area contributed by atoms with Gasteiger partial charge in [-0.1, -0.05) is 31.4 Å². The van der Waals surface area contributed by atoms with Gasteiger partial charge >= 0.3 is 0 Å². The minimum atomic E-state index is 0.0610. The van der Waals surface area contributed by atoms with Crippen LogP contribution in [0.25, 0.3) is 0 Å². The van der Waals surface area contributed by atoms with Crippen molar-refractivity contribution in [3.8, 4) is 0 Å². The Hall–Kier alpha value is -2.71. The summed E-state index contributed by atoms with van der Waals surface area (Å²) < 4.78 is 7.33. The first-order chi connectivity index (χ1) is 17.5. The van der Waals surface area contributed by atoms with E-state index >= 15 is 0 Å². The van der Waals surface area contributed by atoms with Crippen LogP contribution in [0.4, 0.5) is 5.69 Å². The summed E-state index contributed by atoms with van der Waals surface area (Å²) in [5.41, 5.74) is 4.26. The summed E-state index contributed by atoms with van der Waals surface area (Å²) >= 11 is 0. The fourth-order valence-electron chi connectivity index (χ4n) is 5.20. The van der Waals surface area contributed by atoms with E-state index in [1.165, 1.54) is 5.56 Å². The number of aryl methyl sites for hydroxylation is 2. The number of carbonyl (C=O) groups is 2. The Labute approximate surface area is 215 Å². The number of aromatic nitrogens is 2. The maximum Gasteiger partial charge on any atom is 0.223 e. The number of carbonyl (C=O) groups excluding carboxylic acids is 2. The Bertz CT molecular complexity index is 1010. The van der Waals surface area contributed by atoms with Crippen molar-refractivity contribution in [1.82, 2.24) is 19.6 Å². The lowest BCUT2D eigenvalue weighted by atomic mass is 10.0. The zero-order valence-corrected chi connectivity index (χ0v) is 22.0. The van der Waals surface area contributed by atoms with Crippen molar-refractivity contribution in [2.75, 3.05) is 44.3 Å². The number of benzene rings is 1. The van der Waals surface area contributed by atoms with Crippen LogP contribution in [0.2, 0.25) is 0 Å². The van der Waals surface area contributed by atoms with Crippen LogP contribution < -0.4 is 4.90 Å². The van der Waals surface area contributed by atoms with Crippen molar-refractivity contribution >= 4 is 17.5 Å². The van der Waals surface area contributed by atoms with Crippen molar-refractivity contribution in [2.45, 2.75) is 65.0 Å². The van der Waals surface area contributed by atoms with Crippen molar-refractivity contribution < 1.29 is 14.3 Å². The van der Waals surface area contributed by atoms with Gasteiger partial charge in [0.1, 0.15) is 0 Å². The van der Waals surface area contributed by atoms with Crippen LogP contribution >= 0.6 is 0 Å². The number of hydrogen-bond acceptors (Lipinski definition) is 5. The molecule has 2 amide bonds. The third-order valence-electron chi connectivity index (χ3n) is 7.37. The molecule has 1 aromatic heterocycles. The fourth-order valence-corrected chi connectivity index (χ4v) is 5.20. The standard InChI is InChI=1S/C28H41N5O3/c1-23(34)33-15-7-5-3-4-6-14-32(28(35)11-10-26-12-13-29-30(26)2)22-25-9-8-24(20-27(25)33)21-31-16-18-36-19-17-31/h8-9,12-13,20H,3-7,10-11,14-19,21-22H2,1-2H3. The molecule has 2 aromatic rings. The molecular formula is C28H41N5O3. The molecule has 36 heavy (non-hydrogen) atoms. The monoisotopic (exact) mass is 495 g/mol. The highest BCUT2D eigenvalue weighted by molar-refractivity contribution is 5.92. The van der Waals surface area contributed by atoms with E-state index in [1.807, 2.05) is 27.6 Å². The van der Waals surface area contributed by atoms with Crippen LogP contribution in [-0.2, 0) is 40.9 Å². The molecule has 0 aliphatic carbocycles. The highest BCUT2D eigenvalue weighted by atomic mass is 16.5. The number of morpholine rings is 1. The van der Waals surface area contributed by atoms with Gasteiger partial charge in [-0.15, -0.1) is 0 Å². The van der Waals surface area contributed by atoms with Crippen LogP contribution in [0.5, 0.6) is 0 Å². The summed E-state index contributed by atoms with van der Waals surface area (Å²) in [5.74, 6) is 0.219. The molecule has 0 radical (unpaired) electrons. The average molecular weight is 496 g/mol. The zero-order valence-electron chi connectivity index (χ0n) is 22.0. The number of amides is 2. The van der Waals surface area contributed by atoms with Gasteiger partial charge in [0.15, 0.2) is 0 Å². The zero-order chi connectivity index (χ0) is 25.3. The SMILES string of the molecule is CC(=O)N1CCCCCCCN(C(=O)CCc2ccnn2C)Cc2ccc(CN3CCOCC3)cc21. The number of anilines is 1. The Morgan fingerprint density at radius 3 is 2.44 bits per heavy atom. The van der Waals surface area contributed by atoms with Crippen LogP contribution in [0.1, 0.15) is 62.3 Å². The van der Waals surface area contributed by atoms with Crippen molar-refractivity contribution in [3.05, 3.63) is 47.3 Å². The topological polar surface area (TPSA) is 70.9 Å².